The second-order valence-electron chi connectivity index (χ2n) is 7.56. The zero-order valence-corrected chi connectivity index (χ0v) is 22.6. The summed E-state index contributed by atoms with van der Waals surface area (Å²) in [5.41, 5.74) is 1.07. The van der Waals surface area contributed by atoms with Crippen LogP contribution in [0.4, 0.5) is 5.69 Å². The number of aromatic nitrogens is 3. The highest BCUT2D eigenvalue weighted by Gasteiger charge is 2.26. The smallest absolute Gasteiger partial charge is 0.253 e. The predicted octanol–water partition coefficient (Wildman–Crippen LogP) is 5.58. The summed E-state index contributed by atoms with van der Waals surface area (Å²) in [6, 6.07) is 11.9. The molecule has 0 aliphatic carbocycles. The van der Waals surface area contributed by atoms with E-state index >= 15 is 0 Å². The fraction of sp³-hybridized carbons (Fsp3) is 0.273. The van der Waals surface area contributed by atoms with E-state index in [1.54, 1.807) is 16.7 Å². The first-order valence-corrected chi connectivity index (χ1v) is 12.8. The number of thioether (sulfide) groups is 1. The van der Waals surface area contributed by atoms with E-state index in [9.17, 15) is 9.59 Å². The van der Waals surface area contributed by atoms with Gasteiger partial charge < -0.3 is 15.2 Å². The van der Waals surface area contributed by atoms with E-state index in [-0.39, 0.29) is 28.5 Å². The van der Waals surface area contributed by atoms with Gasteiger partial charge in [-0.15, -0.1) is 10.2 Å². The van der Waals surface area contributed by atoms with Crippen LogP contribution < -0.4 is 10.6 Å². The molecular formula is C22H22Cl2IN5O2S. The molecule has 0 aliphatic heterocycles. The van der Waals surface area contributed by atoms with Crippen molar-refractivity contribution < 1.29 is 9.59 Å². The Labute approximate surface area is 220 Å². The third kappa shape index (κ3) is 6.84. The minimum Gasteiger partial charge on any atom is -0.342 e. The fourth-order valence-corrected chi connectivity index (χ4v) is 4.58. The Balaban J connectivity index is 1.67. The van der Waals surface area contributed by atoms with Crippen molar-refractivity contribution in [2.75, 3.05) is 11.1 Å². The molecule has 1 aromatic heterocycles. The lowest BCUT2D eigenvalue weighted by atomic mass is 10.0. The second-order valence-corrected chi connectivity index (χ2v) is 10.6. The topological polar surface area (TPSA) is 88.9 Å². The molecule has 11 heteroatoms. The van der Waals surface area contributed by atoms with Crippen LogP contribution in [0.1, 0.15) is 36.1 Å². The van der Waals surface area contributed by atoms with Gasteiger partial charge in [0.25, 0.3) is 5.91 Å². The van der Waals surface area contributed by atoms with Crippen molar-refractivity contribution in [3.05, 3.63) is 67.5 Å². The standard InChI is InChI=1S/C22H22Cl2IN5O2S/c1-12(2)19(27-21(32)16-9-4-13(23)10-17(16)24)20-28-29-22(30(20)3)33-11-18(31)26-15-7-5-14(25)6-8-15/h4-10,12,19H,11H2,1-3H3,(H,26,31)(H,27,32)/t19-/m1/s1. The van der Waals surface area contributed by atoms with Crippen LogP contribution in [0.15, 0.2) is 47.6 Å². The van der Waals surface area contributed by atoms with Crippen LogP contribution in [-0.4, -0.2) is 32.3 Å². The van der Waals surface area contributed by atoms with Crippen molar-refractivity contribution in [1.29, 1.82) is 0 Å². The Bertz CT molecular complexity index is 1150. The fourth-order valence-electron chi connectivity index (χ4n) is 3.01. The summed E-state index contributed by atoms with van der Waals surface area (Å²) in [6.07, 6.45) is 0. The second kappa shape index (κ2) is 11.5. The molecular weight excluding hydrogens is 596 g/mol. The van der Waals surface area contributed by atoms with Crippen LogP contribution >= 0.6 is 57.6 Å². The van der Waals surface area contributed by atoms with Crippen LogP contribution in [0, 0.1) is 9.49 Å². The number of hydrogen-bond acceptors (Lipinski definition) is 5. The molecule has 3 rings (SSSR count). The van der Waals surface area contributed by atoms with Crippen molar-refractivity contribution in [3.8, 4) is 0 Å². The van der Waals surface area contributed by atoms with Gasteiger partial charge in [-0.2, -0.15) is 0 Å². The number of carbonyl (C=O) groups excluding carboxylic acids is 2. The van der Waals surface area contributed by atoms with Gasteiger partial charge >= 0.3 is 0 Å². The molecule has 0 saturated heterocycles. The average molecular weight is 618 g/mol. The minimum atomic E-state index is -0.406. The number of hydrogen-bond donors (Lipinski definition) is 2. The molecule has 7 nitrogen and oxygen atoms in total. The number of benzene rings is 2. The molecule has 2 aromatic carbocycles. The lowest BCUT2D eigenvalue weighted by Crippen LogP contribution is -2.33. The molecule has 1 heterocycles. The first-order chi connectivity index (χ1) is 15.7. The summed E-state index contributed by atoms with van der Waals surface area (Å²) in [7, 11) is 1.81. The maximum absolute atomic E-state index is 12.8. The van der Waals surface area contributed by atoms with Crippen molar-refractivity contribution in [2.45, 2.75) is 25.0 Å². The number of carbonyl (C=O) groups is 2. The number of anilines is 1. The SMILES string of the molecule is CC(C)[C@@H](NC(=O)c1ccc(Cl)cc1Cl)c1nnc(SCC(=O)Nc2ccc(I)cc2)n1C. The van der Waals surface area contributed by atoms with Crippen LogP contribution in [0.2, 0.25) is 10.0 Å². The van der Waals surface area contributed by atoms with Gasteiger partial charge in [0.05, 0.1) is 22.4 Å². The monoisotopic (exact) mass is 617 g/mol. The molecule has 0 aliphatic rings. The number of amides is 2. The van der Waals surface area contributed by atoms with E-state index in [1.165, 1.54) is 17.8 Å². The lowest BCUT2D eigenvalue weighted by Gasteiger charge is -2.22. The van der Waals surface area contributed by atoms with E-state index in [0.29, 0.717) is 21.6 Å². The minimum absolute atomic E-state index is 0.0324. The van der Waals surface area contributed by atoms with E-state index in [1.807, 2.05) is 45.2 Å². The van der Waals surface area contributed by atoms with Gasteiger partial charge in [0, 0.05) is 21.3 Å². The Morgan fingerprint density at radius 3 is 2.45 bits per heavy atom. The maximum atomic E-state index is 12.8. The summed E-state index contributed by atoms with van der Waals surface area (Å²) in [4.78, 5) is 25.2. The van der Waals surface area contributed by atoms with Gasteiger partial charge in [-0.3, -0.25) is 9.59 Å². The number of nitrogens with one attached hydrogen (secondary N) is 2. The highest BCUT2D eigenvalue weighted by Crippen LogP contribution is 2.26. The van der Waals surface area contributed by atoms with Gasteiger partial charge in [-0.1, -0.05) is 48.8 Å². The highest BCUT2D eigenvalue weighted by atomic mass is 127. The van der Waals surface area contributed by atoms with Crippen LogP contribution in [0.25, 0.3) is 0 Å². The lowest BCUT2D eigenvalue weighted by molar-refractivity contribution is -0.113. The van der Waals surface area contributed by atoms with E-state index < -0.39 is 6.04 Å². The molecule has 2 N–H and O–H groups in total. The first-order valence-electron chi connectivity index (χ1n) is 9.99. The van der Waals surface area contributed by atoms with Crippen LogP contribution in [0.3, 0.4) is 0 Å². The van der Waals surface area contributed by atoms with Crippen LogP contribution in [0.5, 0.6) is 0 Å². The molecule has 2 amide bonds. The number of rotatable bonds is 8. The number of halogens is 3. The molecule has 33 heavy (non-hydrogen) atoms. The molecule has 174 valence electrons. The first kappa shape index (κ1) is 25.8. The molecule has 3 aromatic rings. The highest BCUT2D eigenvalue weighted by molar-refractivity contribution is 14.1. The van der Waals surface area contributed by atoms with E-state index in [4.69, 9.17) is 23.2 Å². The van der Waals surface area contributed by atoms with Crippen molar-refractivity contribution in [1.82, 2.24) is 20.1 Å². The molecule has 0 fully saturated rings. The summed E-state index contributed by atoms with van der Waals surface area (Å²) >= 11 is 15.6. The Morgan fingerprint density at radius 2 is 1.82 bits per heavy atom. The summed E-state index contributed by atoms with van der Waals surface area (Å²) < 4.78 is 2.88. The van der Waals surface area contributed by atoms with E-state index in [2.05, 4.69) is 43.4 Å². The van der Waals surface area contributed by atoms with Gasteiger partial charge in [0.15, 0.2) is 11.0 Å². The van der Waals surface area contributed by atoms with Crippen molar-refractivity contribution >= 4 is 75.1 Å². The largest absolute Gasteiger partial charge is 0.342 e. The van der Waals surface area contributed by atoms with Crippen LogP contribution in [-0.2, 0) is 11.8 Å². The van der Waals surface area contributed by atoms with Crippen molar-refractivity contribution in [2.24, 2.45) is 13.0 Å². The normalized spacial score (nSPS) is 12.0. The van der Waals surface area contributed by atoms with Gasteiger partial charge in [-0.05, 0) is 71.0 Å². The zero-order chi connectivity index (χ0) is 24.1. The number of nitrogens with zero attached hydrogens (tertiary/aromatic N) is 3. The molecule has 0 spiro atoms. The summed E-state index contributed by atoms with van der Waals surface area (Å²) in [5, 5.41) is 15.7. The average Bonchev–Trinajstić information content (AvgIpc) is 3.11. The van der Waals surface area contributed by atoms with Gasteiger partial charge in [0.1, 0.15) is 0 Å². The molecule has 0 bridgehead atoms. The zero-order valence-electron chi connectivity index (χ0n) is 18.1. The third-order valence-corrected chi connectivity index (χ3v) is 7.02. The predicted molar refractivity (Wildman–Crippen MR) is 141 cm³/mol. The molecule has 1 atom stereocenters. The third-order valence-electron chi connectivity index (χ3n) is 4.74. The Hall–Kier alpha value is -1.82. The van der Waals surface area contributed by atoms with Crippen molar-refractivity contribution in [3.63, 3.8) is 0 Å². The molecule has 0 saturated carbocycles. The Kier molecular flexibility index (Phi) is 9.02. The maximum Gasteiger partial charge on any atom is 0.253 e. The Morgan fingerprint density at radius 1 is 1.12 bits per heavy atom. The summed E-state index contributed by atoms with van der Waals surface area (Å²) in [5.74, 6) is 0.326. The molecule has 0 radical (unpaired) electrons. The molecule has 0 unspecified atom stereocenters. The quantitative estimate of drug-likeness (QED) is 0.254. The van der Waals surface area contributed by atoms with Gasteiger partial charge in [-0.25, -0.2) is 0 Å². The van der Waals surface area contributed by atoms with Gasteiger partial charge in [0.2, 0.25) is 5.91 Å². The summed E-state index contributed by atoms with van der Waals surface area (Å²) in [6.45, 7) is 3.95. The van der Waals surface area contributed by atoms with E-state index in [0.717, 1.165) is 9.26 Å².